The normalized spacial score (nSPS) is 9.27. The van der Waals surface area contributed by atoms with Crippen molar-refractivity contribution in [1.29, 1.82) is 0 Å². The molecule has 0 amide bonds. The van der Waals surface area contributed by atoms with Crippen molar-refractivity contribution in [3.8, 4) is 0 Å². The molecule has 0 bridgehead atoms. The number of aryl methyl sites for hydroxylation is 3. The van der Waals surface area contributed by atoms with E-state index in [4.69, 9.17) is 6.57 Å². The molecule has 56 valence electrons. The lowest BCUT2D eigenvalue weighted by molar-refractivity contribution is 1.11. The Hall–Kier alpha value is -1.36. The summed E-state index contributed by atoms with van der Waals surface area (Å²) in [6.07, 6.45) is 0. The minimum Gasteiger partial charge on any atom is -0.270 e. The summed E-state index contributed by atoms with van der Waals surface area (Å²) < 4.78 is 0. The zero-order chi connectivity index (χ0) is 8.43. The predicted molar refractivity (Wildman–Crippen MR) is 44.7 cm³/mol. The second kappa shape index (κ2) is 2.71. The molecule has 0 fully saturated rings. The van der Waals surface area contributed by atoms with E-state index in [1.807, 2.05) is 26.8 Å². The molecule has 0 atom stereocenters. The molecule has 0 aromatic carbocycles. The first-order valence-electron chi connectivity index (χ1n) is 3.47. The maximum atomic E-state index is 6.88. The third kappa shape index (κ3) is 1.38. The largest absolute Gasteiger partial charge is 0.270 e. The summed E-state index contributed by atoms with van der Waals surface area (Å²) in [5.74, 6) is 0. The van der Waals surface area contributed by atoms with E-state index in [9.17, 15) is 0 Å². The van der Waals surface area contributed by atoms with Gasteiger partial charge in [-0.2, -0.15) is 0 Å². The van der Waals surface area contributed by atoms with E-state index in [2.05, 4.69) is 9.83 Å². The molecule has 11 heavy (non-hydrogen) atoms. The molecule has 2 heteroatoms. The lowest BCUT2D eigenvalue weighted by Crippen LogP contribution is -1.87. The summed E-state index contributed by atoms with van der Waals surface area (Å²) in [5.41, 5.74) is 3.52. The van der Waals surface area contributed by atoms with Crippen LogP contribution in [0.15, 0.2) is 6.07 Å². The smallest absolute Gasteiger partial charge is 0.210 e. The van der Waals surface area contributed by atoms with Gasteiger partial charge in [-0.05, 0) is 32.4 Å². The van der Waals surface area contributed by atoms with Gasteiger partial charge >= 0.3 is 0 Å². The van der Waals surface area contributed by atoms with Crippen molar-refractivity contribution in [1.82, 2.24) is 4.98 Å². The molecule has 0 saturated heterocycles. The number of nitrogens with zero attached hydrogens (tertiary/aromatic N) is 2. The van der Waals surface area contributed by atoms with Gasteiger partial charge in [0.25, 0.3) is 0 Å². The molecule has 1 aromatic heterocycles. The van der Waals surface area contributed by atoms with Crippen molar-refractivity contribution in [2.75, 3.05) is 0 Å². The standard InChI is InChI=1S/C9H10N2/c1-6-5-7(2)11-8(3)9(6)10-4/h5H,1-3H3. The zero-order valence-electron chi connectivity index (χ0n) is 6.97. The van der Waals surface area contributed by atoms with Crippen LogP contribution in [0.3, 0.4) is 0 Å². The Morgan fingerprint density at radius 3 is 2.45 bits per heavy atom. The molecule has 0 saturated carbocycles. The highest BCUT2D eigenvalue weighted by Gasteiger charge is 2.02. The number of hydrogen-bond donors (Lipinski definition) is 0. The maximum Gasteiger partial charge on any atom is 0.210 e. The Balaban J connectivity index is 3.40. The molecule has 1 aromatic rings. The molecular weight excluding hydrogens is 136 g/mol. The predicted octanol–water partition coefficient (Wildman–Crippen LogP) is 2.56. The zero-order valence-corrected chi connectivity index (χ0v) is 6.97. The second-order valence-corrected chi connectivity index (χ2v) is 2.63. The first-order chi connectivity index (χ1) is 5.15. The molecule has 0 N–H and O–H groups in total. The Bertz CT molecular complexity index is 298. The number of pyridine rings is 1. The van der Waals surface area contributed by atoms with Gasteiger partial charge in [0.1, 0.15) is 0 Å². The van der Waals surface area contributed by atoms with Crippen LogP contribution in [0.4, 0.5) is 5.69 Å². The highest BCUT2D eigenvalue weighted by atomic mass is 14.8. The van der Waals surface area contributed by atoms with Crippen molar-refractivity contribution in [3.63, 3.8) is 0 Å². The van der Waals surface area contributed by atoms with Gasteiger partial charge in [-0.1, -0.05) is 0 Å². The number of aromatic nitrogens is 1. The first kappa shape index (κ1) is 7.74. The van der Waals surface area contributed by atoms with E-state index in [0.717, 1.165) is 17.0 Å². The van der Waals surface area contributed by atoms with E-state index in [-0.39, 0.29) is 0 Å². The quantitative estimate of drug-likeness (QED) is 0.514. The van der Waals surface area contributed by atoms with E-state index >= 15 is 0 Å². The molecule has 0 spiro atoms. The van der Waals surface area contributed by atoms with Crippen LogP contribution in [-0.4, -0.2) is 4.98 Å². The van der Waals surface area contributed by atoms with Crippen LogP contribution in [0.2, 0.25) is 0 Å². The lowest BCUT2D eigenvalue weighted by Gasteiger charge is -2.01. The second-order valence-electron chi connectivity index (χ2n) is 2.63. The van der Waals surface area contributed by atoms with Crippen LogP contribution < -0.4 is 0 Å². The fraction of sp³-hybridized carbons (Fsp3) is 0.333. The van der Waals surface area contributed by atoms with E-state index in [1.165, 1.54) is 0 Å². The minimum absolute atomic E-state index is 0.690. The van der Waals surface area contributed by atoms with Crippen molar-refractivity contribution in [2.24, 2.45) is 0 Å². The number of rotatable bonds is 0. The van der Waals surface area contributed by atoms with Crippen LogP contribution in [0.1, 0.15) is 17.0 Å². The Labute approximate surface area is 66.7 Å². The van der Waals surface area contributed by atoms with Crippen LogP contribution in [0.25, 0.3) is 4.85 Å². The Morgan fingerprint density at radius 2 is 2.00 bits per heavy atom. The molecule has 0 aliphatic heterocycles. The topological polar surface area (TPSA) is 17.2 Å². The Kier molecular flexibility index (Phi) is 1.91. The van der Waals surface area contributed by atoms with Gasteiger partial charge in [-0.15, -0.1) is 0 Å². The fourth-order valence-corrected chi connectivity index (χ4v) is 1.19. The average molecular weight is 146 g/mol. The SMILES string of the molecule is [C-]#[N+]c1c(C)cc(C)nc1C. The van der Waals surface area contributed by atoms with Gasteiger partial charge in [0.2, 0.25) is 5.69 Å². The number of hydrogen-bond acceptors (Lipinski definition) is 1. The molecule has 1 rings (SSSR count). The summed E-state index contributed by atoms with van der Waals surface area (Å²) in [5, 5.41) is 0. The summed E-state index contributed by atoms with van der Waals surface area (Å²) in [4.78, 5) is 7.59. The average Bonchev–Trinajstić information content (AvgIpc) is 1.85. The summed E-state index contributed by atoms with van der Waals surface area (Å²) >= 11 is 0. The molecule has 2 nitrogen and oxygen atoms in total. The van der Waals surface area contributed by atoms with Crippen LogP contribution in [0, 0.1) is 27.3 Å². The van der Waals surface area contributed by atoms with Crippen molar-refractivity contribution in [2.45, 2.75) is 20.8 Å². The molecule has 1 heterocycles. The molecule has 0 radical (unpaired) electrons. The summed E-state index contributed by atoms with van der Waals surface area (Å²) in [6, 6.07) is 1.93. The van der Waals surface area contributed by atoms with Gasteiger partial charge in [0, 0.05) is 11.4 Å². The summed E-state index contributed by atoms with van der Waals surface area (Å²) in [7, 11) is 0. The molecule has 0 aliphatic carbocycles. The molecular formula is C9H10N2. The van der Waals surface area contributed by atoms with Crippen LogP contribution >= 0.6 is 0 Å². The maximum absolute atomic E-state index is 6.88. The monoisotopic (exact) mass is 146 g/mol. The van der Waals surface area contributed by atoms with Crippen molar-refractivity contribution < 1.29 is 0 Å². The van der Waals surface area contributed by atoms with Gasteiger partial charge in [0.15, 0.2) is 0 Å². The van der Waals surface area contributed by atoms with Gasteiger partial charge in [-0.25, -0.2) is 4.85 Å². The van der Waals surface area contributed by atoms with Crippen molar-refractivity contribution in [3.05, 3.63) is 34.4 Å². The van der Waals surface area contributed by atoms with Gasteiger partial charge in [-0.3, -0.25) is 4.98 Å². The van der Waals surface area contributed by atoms with Gasteiger partial charge in [0.05, 0.1) is 6.57 Å². The highest BCUT2D eigenvalue weighted by Crippen LogP contribution is 2.21. The highest BCUT2D eigenvalue weighted by molar-refractivity contribution is 5.55. The van der Waals surface area contributed by atoms with Crippen LogP contribution in [0.5, 0.6) is 0 Å². The van der Waals surface area contributed by atoms with Crippen LogP contribution in [-0.2, 0) is 0 Å². The van der Waals surface area contributed by atoms with E-state index in [0.29, 0.717) is 5.69 Å². The fourth-order valence-electron chi connectivity index (χ4n) is 1.19. The third-order valence-corrected chi connectivity index (χ3v) is 1.60. The molecule has 0 unspecified atom stereocenters. The lowest BCUT2D eigenvalue weighted by atomic mass is 10.2. The van der Waals surface area contributed by atoms with Crippen molar-refractivity contribution >= 4 is 5.69 Å². The summed E-state index contributed by atoms with van der Waals surface area (Å²) in [6.45, 7) is 12.6. The Morgan fingerprint density at radius 1 is 1.36 bits per heavy atom. The third-order valence-electron chi connectivity index (χ3n) is 1.60. The van der Waals surface area contributed by atoms with E-state index in [1.54, 1.807) is 0 Å². The van der Waals surface area contributed by atoms with Gasteiger partial charge < -0.3 is 0 Å². The van der Waals surface area contributed by atoms with E-state index < -0.39 is 0 Å². The minimum atomic E-state index is 0.690. The first-order valence-corrected chi connectivity index (χ1v) is 3.47. The molecule has 0 aliphatic rings.